The molecule has 78 valence electrons. The summed E-state index contributed by atoms with van der Waals surface area (Å²) in [5.74, 6) is 0.0520. The molecule has 2 rings (SSSR count). The number of hydrogen-bond acceptors (Lipinski definition) is 4. The maximum absolute atomic E-state index is 11.3. The molecule has 2 aliphatic heterocycles. The van der Waals surface area contributed by atoms with Gasteiger partial charge in [-0.25, -0.2) is 0 Å². The van der Waals surface area contributed by atoms with Crippen molar-refractivity contribution in [2.75, 3.05) is 7.05 Å². The number of carbonyl (C=O) groups excluding carboxylic acids is 2. The lowest BCUT2D eigenvalue weighted by molar-refractivity contribution is -0.148. The normalized spacial score (nSPS) is 37.3. The number of fused-ring (bicyclic) bond motifs is 2. The van der Waals surface area contributed by atoms with E-state index in [9.17, 15) is 9.59 Å². The van der Waals surface area contributed by atoms with E-state index in [0.717, 1.165) is 6.42 Å². The van der Waals surface area contributed by atoms with Gasteiger partial charge in [0, 0.05) is 32.2 Å². The van der Waals surface area contributed by atoms with Crippen LogP contribution in [0, 0.1) is 0 Å². The minimum absolute atomic E-state index is 0.0750. The Morgan fingerprint density at radius 1 is 1.50 bits per heavy atom. The van der Waals surface area contributed by atoms with E-state index in [1.54, 1.807) is 0 Å². The van der Waals surface area contributed by atoms with Gasteiger partial charge in [0.15, 0.2) is 0 Å². The maximum atomic E-state index is 11.3. The first kappa shape index (κ1) is 9.65. The summed E-state index contributed by atoms with van der Waals surface area (Å²) in [5, 5.41) is 0. The molecule has 0 amide bonds. The molecule has 2 saturated heterocycles. The number of ketones is 1. The fourth-order valence-corrected chi connectivity index (χ4v) is 2.55. The van der Waals surface area contributed by atoms with Gasteiger partial charge >= 0.3 is 5.97 Å². The lowest BCUT2D eigenvalue weighted by Crippen LogP contribution is -2.43. The third-order valence-electron chi connectivity index (χ3n) is 3.25. The summed E-state index contributed by atoms with van der Waals surface area (Å²) in [6.07, 6.45) is 1.89. The van der Waals surface area contributed by atoms with Crippen LogP contribution in [0.15, 0.2) is 0 Å². The van der Waals surface area contributed by atoms with Gasteiger partial charge in [-0.15, -0.1) is 0 Å². The zero-order valence-electron chi connectivity index (χ0n) is 8.53. The molecule has 2 heterocycles. The predicted molar refractivity (Wildman–Crippen MR) is 49.8 cm³/mol. The van der Waals surface area contributed by atoms with E-state index in [4.69, 9.17) is 4.74 Å². The molecule has 2 fully saturated rings. The number of rotatable bonds is 1. The van der Waals surface area contributed by atoms with Crippen molar-refractivity contribution in [2.45, 2.75) is 44.4 Å². The smallest absolute Gasteiger partial charge is 0.302 e. The molecule has 14 heavy (non-hydrogen) atoms. The largest absolute Gasteiger partial charge is 0.461 e. The van der Waals surface area contributed by atoms with Gasteiger partial charge in [0.05, 0.1) is 6.04 Å². The second-order valence-corrected chi connectivity index (χ2v) is 4.22. The highest BCUT2D eigenvalue weighted by atomic mass is 16.5. The van der Waals surface area contributed by atoms with Gasteiger partial charge in [0.1, 0.15) is 11.9 Å². The van der Waals surface area contributed by atoms with E-state index in [2.05, 4.69) is 4.90 Å². The average Bonchev–Trinajstić information content (AvgIpc) is 2.30. The summed E-state index contributed by atoms with van der Waals surface area (Å²) >= 11 is 0. The van der Waals surface area contributed by atoms with Gasteiger partial charge in [-0.1, -0.05) is 0 Å². The molecule has 0 aromatic carbocycles. The molecule has 0 N–H and O–H groups in total. The van der Waals surface area contributed by atoms with Gasteiger partial charge in [0.25, 0.3) is 0 Å². The first-order valence-corrected chi connectivity index (χ1v) is 4.99. The summed E-state index contributed by atoms with van der Waals surface area (Å²) < 4.78 is 5.21. The quantitative estimate of drug-likeness (QED) is 0.569. The van der Waals surface area contributed by atoms with Crippen molar-refractivity contribution >= 4 is 11.8 Å². The lowest BCUT2D eigenvalue weighted by atomic mass is 10.0. The van der Waals surface area contributed by atoms with Crippen LogP contribution in [0.3, 0.4) is 0 Å². The molecule has 3 atom stereocenters. The fourth-order valence-electron chi connectivity index (χ4n) is 2.55. The molecule has 2 bridgehead atoms. The molecule has 0 spiro atoms. The van der Waals surface area contributed by atoms with Crippen molar-refractivity contribution in [3.63, 3.8) is 0 Å². The van der Waals surface area contributed by atoms with Crippen LogP contribution in [0.4, 0.5) is 0 Å². The molecule has 4 nitrogen and oxygen atoms in total. The minimum atomic E-state index is -0.247. The Morgan fingerprint density at radius 2 is 2.21 bits per heavy atom. The number of ether oxygens (including phenoxy) is 1. The van der Waals surface area contributed by atoms with Crippen LogP contribution in [0.2, 0.25) is 0 Å². The highest BCUT2D eigenvalue weighted by Gasteiger charge is 2.45. The van der Waals surface area contributed by atoms with Crippen molar-refractivity contribution in [3.8, 4) is 0 Å². The number of hydrogen-bond donors (Lipinski definition) is 0. The highest BCUT2D eigenvalue weighted by molar-refractivity contribution is 5.81. The third-order valence-corrected chi connectivity index (χ3v) is 3.25. The minimum Gasteiger partial charge on any atom is -0.461 e. The fraction of sp³-hybridized carbons (Fsp3) is 0.800. The van der Waals surface area contributed by atoms with Gasteiger partial charge in [0.2, 0.25) is 0 Å². The van der Waals surface area contributed by atoms with Crippen LogP contribution in [0.1, 0.15) is 26.2 Å². The van der Waals surface area contributed by atoms with Crippen molar-refractivity contribution in [3.05, 3.63) is 0 Å². The van der Waals surface area contributed by atoms with Crippen LogP contribution in [0.5, 0.6) is 0 Å². The molecule has 1 unspecified atom stereocenters. The van der Waals surface area contributed by atoms with E-state index in [-0.39, 0.29) is 24.2 Å². The molecule has 0 aromatic heterocycles. The van der Waals surface area contributed by atoms with E-state index in [1.807, 2.05) is 7.05 Å². The van der Waals surface area contributed by atoms with E-state index in [0.29, 0.717) is 18.6 Å². The molecule has 2 aliphatic rings. The van der Waals surface area contributed by atoms with Gasteiger partial charge < -0.3 is 4.74 Å². The average molecular weight is 197 g/mol. The number of piperidine rings is 1. The van der Waals surface area contributed by atoms with Crippen LogP contribution in [0.25, 0.3) is 0 Å². The van der Waals surface area contributed by atoms with E-state index in [1.165, 1.54) is 6.92 Å². The summed E-state index contributed by atoms with van der Waals surface area (Å²) in [6.45, 7) is 1.42. The second-order valence-electron chi connectivity index (χ2n) is 4.22. The van der Waals surface area contributed by atoms with Crippen LogP contribution < -0.4 is 0 Å². The summed E-state index contributed by atoms with van der Waals surface area (Å²) in [7, 11) is 2.01. The number of likely N-dealkylation sites (N-methyl/N-ethyl adjacent to an activating group) is 1. The van der Waals surface area contributed by atoms with Gasteiger partial charge in [-0.05, 0) is 7.05 Å². The number of esters is 1. The standard InChI is InChI=1S/C10H15NO3/c1-6(12)14-10-4-7-3-8(13)5-9(10)11(7)2/h7,9-10H,3-5H2,1-2H3/t7-,9+,10?/m0/s1. The zero-order valence-corrected chi connectivity index (χ0v) is 8.53. The summed E-state index contributed by atoms with van der Waals surface area (Å²) in [4.78, 5) is 24.4. The van der Waals surface area contributed by atoms with Crippen molar-refractivity contribution in [2.24, 2.45) is 0 Å². The Balaban J connectivity index is 2.09. The number of nitrogens with zero attached hydrogens (tertiary/aromatic N) is 1. The van der Waals surface area contributed by atoms with E-state index >= 15 is 0 Å². The summed E-state index contributed by atoms with van der Waals surface area (Å²) in [6, 6.07) is 0.399. The zero-order chi connectivity index (χ0) is 10.3. The van der Waals surface area contributed by atoms with Crippen molar-refractivity contribution in [1.82, 2.24) is 4.90 Å². The monoisotopic (exact) mass is 197 g/mol. The van der Waals surface area contributed by atoms with Crippen molar-refractivity contribution < 1.29 is 14.3 Å². The Bertz CT molecular complexity index is 277. The maximum Gasteiger partial charge on any atom is 0.302 e. The van der Waals surface area contributed by atoms with Crippen molar-refractivity contribution in [1.29, 1.82) is 0 Å². The Labute approximate surface area is 83.2 Å². The van der Waals surface area contributed by atoms with E-state index < -0.39 is 0 Å². The molecule has 0 saturated carbocycles. The molecule has 4 heteroatoms. The first-order valence-electron chi connectivity index (χ1n) is 4.99. The Morgan fingerprint density at radius 3 is 2.86 bits per heavy atom. The van der Waals surface area contributed by atoms with Gasteiger partial charge in [-0.3, -0.25) is 14.5 Å². The number of carbonyl (C=O) groups is 2. The molecule has 0 aromatic rings. The Kier molecular flexibility index (Phi) is 2.31. The number of Topliss-reactive ketones (excluding diaryl/α,β-unsaturated/α-hetero) is 1. The molecule has 0 aliphatic carbocycles. The molecule has 0 radical (unpaired) electrons. The molecular formula is C10H15NO3. The predicted octanol–water partition coefficient (Wildman–Crippen LogP) is 0.354. The third kappa shape index (κ3) is 1.54. The van der Waals surface area contributed by atoms with Crippen LogP contribution >= 0.6 is 0 Å². The SMILES string of the molecule is CC(=O)OC1C[C@@H]2CC(=O)C[C@H]1N2C. The molecular weight excluding hydrogens is 182 g/mol. The van der Waals surface area contributed by atoms with Gasteiger partial charge in [-0.2, -0.15) is 0 Å². The van der Waals surface area contributed by atoms with Crippen LogP contribution in [-0.4, -0.2) is 41.9 Å². The van der Waals surface area contributed by atoms with Crippen LogP contribution in [-0.2, 0) is 14.3 Å². The summed E-state index contributed by atoms with van der Waals surface area (Å²) in [5.41, 5.74) is 0. The highest BCUT2D eigenvalue weighted by Crippen LogP contribution is 2.34. The topological polar surface area (TPSA) is 46.6 Å². The Hall–Kier alpha value is -0.900. The lowest BCUT2D eigenvalue weighted by Gasteiger charge is -2.30. The second kappa shape index (κ2) is 3.35. The first-order chi connectivity index (χ1) is 6.58.